The van der Waals surface area contributed by atoms with Crippen molar-refractivity contribution in [1.29, 1.82) is 0 Å². The summed E-state index contributed by atoms with van der Waals surface area (Å²) in [6.07, 6.45) is 0. The van der Waals surface area contributed by atoms with E-state index in [0.717, 1.165) is 16.2 Å². The van der Waals surface area contributed by atoms with Crippen LogP contribution in [0.15, 0.2) is 20.1 Å². The fourth-order valence-corrected chi connectivity index (χ4v) is 4.13. The number of likely N-dealkylation sites (N-methyl/N-ethyl adjacent to an activating group) is 1. The maximum absolute atomic E-state index is 11.8. The summed E-state index contributed by atoms with van der Waals surface area (Å²) >= 11 is 4.15. The molecule has 19 heavy (non-hydrogen) atoms. The van der Waals surface area contributed by atoms with E-state index in [1.54, 1.807) is 6.07 Å². The van der Waals surface area contributed by atoms with Gasteiger partial charge in [-0.05, 0) is 28.1 Å². The van der Waals surface area contributed by atoms with Crippen molar-refractivity contribution in [3.63, 3.8) is 0 Å². The molecule has 1 heterocycles. The third-order valence-corrected chi connectivity index (χ3v) is 5.54. The van der Waals surface area contributed by atoms with Gasteiger partial charge in [-0.3, -0.25) is 9.59 Å². The highest BCUT2D eigenvalue weighted by Gasteiger charge is 2.19. The Hall–Kier alpha value is -0.970. The summed E-state index contributed by atoms with van der Waals surface area (Å²) in [4.78, 5) is 22.8. The molecule has 0 spiro atoms. The highest BCUT2D eigenvalue weighted by Crippen LogP contribution is 2.25. The average molecular weight is 371 g/mol. The van der Waals surface area contributed by atoms with Gasteiger partial charge in [0.2, 0.25) is 5.91 Å². The van der Waals surface area contributed by atoms with Crippen molar-refractivity contribution in [3.8, 4) is 0 Å². The number of halogens is 1. The van der Waals surface area contributed by atoms with Crippen LogP contribution in [0, 0.1) is 0 Å². The Balaban J connectivity index is 2.61. The molecule has 2 N–H and O–H groups in total. The number of carboxylic acid groups (broad SMARTS) is 1. The van der Waals surface area contributed by atoms with Gasteiger partial charge < -0.3 is 10.0 Å². The second-order valence-electron chi connectivity index (χ2n) is 3.53. The van der Waals surface area contributed by atoms with Gasteiger partial charge in [0.15, 0.2) is 0 Å². The normalized spacial score (nSPS) is 11.3. The summed E-state index contributed by atoms with van der Waals surface area (Å²) in [5.41, 5.74) is 0. The first-order valence-corrected chi connectivity index (χ1v) is 8.02. The fraction of sp³-hybridized carbons (Fsp3) is 0.333. The lowest BCUT2D eigenvalue weighted by Crippen LogP contribution is -2.40. The van der Waals surface area contributed by atoms with Crippen LogP contribution >= 0.6 is 27.3 Å². The molecule has 0 saturated heterocycles. The highest BCUT2D eigenvalue weighted by atomic mass is 79.9. The van der Waals surface area contributed by atoms with E-state index in [9.17, 15) is 18.0 Å². The van der Waals surface area contributed by atoms with Crippen LogP contribution in [0.5, 0.6) is 0 Å². The number of nitrogens with zero attached hydrogens (tertiary/aromatic N) is 1. The van der Waals surface area contributed by atoms with Gasteiger partial charge in [0, 0.05) is 7.05 Å². The highest BCUT2D eigenvalue weighted by molar-refractivity contribution is 9.11. The summed E-state index contributed by atoms with van der Waals surface area (Å²) in [5.74, 6) is -1.79. The first-order chi connectivity index (χ1) is 8.72. The molecule has 106 valence electrons. The number of carbonyl (C=O) groups is 2. The van der Waals surface area contributed by atoms with E-state index in [2.05, 4.69) is 20.7 Å². The first-order valence-electron chi connectivity index (χ1n) is 4.93. The average Bonchev–Trinajstić information content (AvgIpc) is 2.72. The van der Waals surface area contributed by atoms with Crippen LogP contribution in [0.4, 0.5) is 0 Å². The van der Waals surface area contributed by atoms with Crippen molar-refractivity contribution in [2.75, 3.05) is 20.1 Å². The SMILES string of the molecule is CN(CC(=O)O)C(=O)CNS(=O)(=O)c1ccc(Br)s1. The van der Waals surface area contributed by atoms with E-state index in [1.807, 2.05) is 0 Å². The van der Waals surface area contributed by atoms with E-state index in [1.165, 1.54) is 13.1 Å². The van der Waals surface area contributed by atoms with Crippen LogP contribution in [0.1, 0.15) is 0 Å². The molecule has 0 aliphatic carbocycles. The smallest absolute Gasteiger partial charge is 0.323 e. The lowest BCUT2D eigenvalue weighted by Gasteiger charge is -2.14. The van der Waals surface area contributed by atoms with Crippen LogP contribution < -0.4 is 4.72 Å². The summed E-state index contributed by atoms with van der Waals surface area (Å²) in [7, 11) is -2.47. The Kier molecular flexibility index (Phi) is 5.47. The van der Waals surface area contributed by atoms with E-state index < -0.39 is 35.0 Å². The molecule has 7 nitrogen and oxygen atoms in total. The number of hydrogen-bond donors (Lipinski definition) is 2. The van der Waals surface area contributed by atoms with Crippen molar-refractivity contribution in [2.45, 2.75) is 4.21 Å². The number of aliphatic carboxylic acids is 1. The third kappa shape index (κ3) is 4.90. The minimum Gasteiger partial charge on any atom is -0.480 e. The Morgan fingerprint density at radius 1 is 1.47 bits per heavy atom. The van der Waals surface area contributed by atoms with Gasteiger partial charge in [-0.1, -0.05) is 0 Å². The third-order valence-electron chi connectivity index (χ3n) is 2.03. The minimum absolute atomic E-state index is 0.0769. The quantitative estimate of drug-likeness (QED) is 0.750. The Morgan fingerprint density at radius 3 is 2.58 bits per heavy atom. The van der Waals surface area contributed by atoms with E-state index in [4.69, 9.17) is 5.11 Å². The topological polar surface area (TPSA) is 104 Å². The van der Waals surface area contributed by atoms with Crippen LogP contribution in [0.2, 0.25) is 0 Å². The van der Waals surface area contributed by atoms with Gasteiger partial charge in [0.05, 0.1) is 10.3 Å². The Labute approximate surface area is 122 Å². The molecule has 0 saturated carbocycles. The molecule has 0 radical (unpaired) electrons. The second kappa shape index (κ2) is 6.46. The van der Waals surface area contributed by atoms with Crippen molar-refractivity contribution in [2.24, 2.45) is 0 Å². The molecule has 1 aromatic rings. The van der Waals surface area contributed by atoms with E-state index in [0.29, 0.717) is 3.79 Å². The number of sulfonamides is 1. The molecule has 0 atom stereocenters. The molecular formula is C9H11BrN2O5S2. The molecule has 1 amide bonds. The molecular weight excluding hydrogens is 360 g/mol. The van der Waals surface area contributed by atoms with Gasteiger partial charge in [-0.25, -0.2) is 13.1 Å². The van der Waals surface area contributed by atoms with Crippen LogP contribution in [0.3, 0.4) is 0 Å². The molecule has 0 unspecified atom stereocenters. The van der Waals surface area contributed by atoms with Crippen molar-refractivity contribution in [3.05, 3.63) is 15.9 Å². The van der Waals surface area contributed by atoms with Gasteiger partial charge in [-0.15, -0.1) is 11.3 Å². The molecule has 1 rings (SSSR count). The van der Waals surface area contributed by atoms with Gasteiger partial charge in [0.1, 0.15) is 10.8 Å². The molecule has 10 heteroatoms. The standard InChI is InChI=1S/C9H11BrN2O5S2/c1-12(5-8(14)15)7(13)4-11-19(16,17)9-3-2-6(10)18-9/h2-3,11H,4-5H2,1H3,(H,14,15). The zero-order valence-electron chi connectivity index (χ0n) is 9.79. The van der Waals surface area contributed by atoms with E-state index >= 15 is 0 Å². The summed E-state index contributed by atoms with van der Waals surface area (Å²) in [6, 6.07) is 2.99. The zero-order valence-corrected chi connectivity index (χ0v) is 13.0. The lowest BCUT2D eigenvalue weighted by molar-refractivity contribution is -0.143. The molecule has 1 aromatic heterocycles. The first kappa shape index (κ1) is 16.1. The monoisotopic (exact) mass is 370 g/mol. The molecule has 0 aliphatic rings. The number of rotatable bonds is 6. The summed E-state index contributed by atoms with van der Waals surface area (Å²) in [6.45, 7) is -0.966. The maximum atomic E-state index is 11.8. The van der Waals surface area contributed by atoms with Gasteiger partial charge in [0.25, 0.3) is 10.0 Å². The largest absolute Gasteiger partial charge is 0.480 e. The van der Waals surface area contributed by atoms with E-state index in [-0.39, 0.29) is 4.21 Å². The molecule has 0 fully saturated rings. The Bertz CT molecular complexity index is 583. The van der Waals surface area contributed by atoms with Crippen molar-refractivity contribution >= 4 is 49.2 Å². The number of carbonyl (C=O) groups excluding carboxylic acids is 1. The van der Waals surface area contributed by atoms with Crippen LogP contribution in [-0.4, -0.2) is 50.4 Å². The number of thiophene rings is 1. The zero-order chi connectivity index (χ0) is 14.6. The second-order valence-corrected chi connectivity index (χ2v) is 7.98. The van der Waals surface area contributed by atoms with Crippen LogP contribution in [0.25, 0.3) is 0 Å². The molecule has 0 aromatic carbocycles. The maximum Gasteiger partial charge on any atom is 0.323 e. The van der Waals surface area contributed by atoms with Gasteiger partial charge in [-0.2, -0.15) is 0 Å². The fourth-order valence-electron chi connectivity index (χ4n) is 1.10. The predicted molar refractivity (Wildman–Crippen MR) is 72.5 cm³/mol. The Morgan fingerprint density at radius 2 is 2.11 bits per heavy atom. The lowest BCUT2D eigenvalue weighted by atomic mass is 10.5. The van der Waals surface area contributed by atoms with Crippen molar-refractivity contribution < 1.29 is 23.1 Å². The van der Waals surface area contributed by atoms with Gasteiger partial charge >= 0.3 is 5.97 Å². The number of hydrogen-bond acceptors (Lipinski definition) is 5. The summed E-state index contributed by atoms with van der Waals surface area (Å²) in [5, 5.41) is 8.51. The minimum atomic E-state index is -3.75. The number of amides is 1. The molecule has 0 aliphatic heterocycles. The van der Waals surface area contributed by atoms with Crippen LogP contribution in [-0.2, 0) is 19.6 Å². The number of nitrogens with one attached hydrogen (secondary N) is 1. The molecule has 0 bridgehead atoms. The number of carboxylic acids is 1. The predicted octanol–water partition coefficient (Wildman–Crippen LogP) is 0.332. The summed E-state index contributed by atoms with van der Waals surface area (Å²) < 4.78 is 26.4. The van der Waals surface area contributed by atoms with Crippen molar-refractivity contribution in [1.82, 2.24) is 9.62 Å².